The fourth-order valence-electron chi connectivity index (χ4n) is 3.04. The van der Waals surface area contributed by atoms with Crippen molar-refractivity contribution in [3.8, 4) is 5.82 Å². The van der Waals surface area contributed by atoms with Crippen LogP contribution in [0.15, 0.2) is 48.9 Å². The predicted octanol–water partition coefficient (Wildman–Crippen LogP) is 2.71. The molecule has 1 amide bonds. The Bertz CT molecular complexity index is 900. The molecule has 1 aromatic carbocycles. The molecule has 1 saturated heterocycles. The highest BCUT2D eigenvalue weighted by Gasteiger charge is 2.29. The SMILES string of the molecule is Cl.Cl.NC[C@H]1CC[C@@H](C(=O)Nc2ccc(-n3cnc4ccccc43)nc2)O1. The molecule has 27 heavy (non-hydrogen) atoms. The van der Waals surface area contributed by atoms with Crippen LogP contribution in [-0.4, -0.2) is 39.2 Å². The van der Waals surface area contributed by atoms with Gasteiger partial charge in [0.15, 0.2) is 0 Å². The third-order valence-electron chi connectivity index (χ3n) is 4.38. The van der Waals surface area contributed by atoms with Gasteiger partial charge in [0.25, 0.3) is 5.91 Å². The topological polar surface area (TPSA) is 95.1 Å². The largest absolute Gasteiger partial charge is 0.364 e. The molecule has 144 valence electrons. The van der Waals surface area contributed by atoms with Crippen LogP contribution in [0.2, 0.25) is 0 Å². The van der Waals surface area contributed by atoms with E-state index in [0.717, 1.165) is 23.3 Å². The van der Waals surface area contributed by atoms with Gasteiger partial charge < -0.3 is 15.8 Å². The Morgan fingerprint density at radius 3 is 2.70 bits per heavy atom. The van der Waals surface area contributed by atoms with Crippen molar-refractivity contribution in [2.75, 3.05) is 11.9 Å². The number of benzene rings is 1. The molecule has 2 aromatic heterocycles. The van der Waals surface area contributed by atoms with Crippen LogP contribution in [0, 0.1) is 0 Å². The second-order valence-electron chi connectivity index (χ2n) is 6.06. The Hall–Kier alpha value is -2.19. The van der Waals surface area contributed by atoms with Gasteiger partial charge in [-0.15, -0.1) is 24.8 Å². The number of halogens is 2. The summed E-state index contributed by atoms with van der Waals surface area (Å²) in [5.41, 5.74) is 8.11. The Labute approximate surface area is 169 Å². The lowest BCUT2D eigenvalue weighted by Crippen LogP contribution is -2.29. The quantitative estimate of drug-likeness (QED) is 0.690. The number of pyridine rings is 1. The predicted molar refractivity (Wildman–Crippen MR) is 109 cm³/mol. The van der Waals surface area contributed by atoms with Crippen LogP contribution in [0.5, 0.6) is 0 Å². The van der Waals surface area contributed by atoms with Gasteiger partial charge in [-0.25, -0.2) is 9.97 Å². The molecule has 1 aliphatic heterocycles. The van der Waals surface area contributed by atoms with E-state index in [1.165, 1.54) is 0 Å². The van der Waals surface area contributed by atoms with Gasteiger partial charge in [0.2, 0.25) is 0 Å². The average molecular weight is 410 g/mol. The van der Waals surface area contributed by atoms with Gasteiger partial charge in [-0.1, -0.05) is 12.1 Å². The van der Waals surface area contributed by atoms with Crippen molar-refractivity contribution in [1.82, 2.24) is 14.5 Å². The number of imidazole rings is 1. The van der Waals surface area contributed by atoms with E-state index < -0.39 is 6.10 Å². The standard InChI is InChI=1S/C18H19N5O2.2ClH/c19-9-13-6-7-16(25-13)18(24)22-12-5-8-17(20-10-12)23-11-21-14-3-1-2-4-15(14)23;;/h1-5,8,10-11,13,16H,6-7,9,19H2,(H,22,24);2*1H/t13-,16+;;/m1../s1. The van der Waals surface area contributed by atoms with Crippen LogP contribution in [0.4, 0.5) is 5.69 Å². The number of nitrogens with two attached hydrogens (primary N) is 1. The molecular weight excluding hydrogens is 389 g/mol. The Balaban J connectivity index is 0.00000131. The smallest absolute Gasteiger partial charge is 0.253 e. The minimum absolute atomic E-state index is 0. The van der Waals surface area contributed by atoms with Crippen LogP contribution >= 0.6 is 24.8 Å². The molecule has 0 radical (unpaired) electrons. The fourth-order valence-corrected chi connectivity index (χ4v) is 3.04. The molecule has 1 fully saturated rings. The van der Waals surface area contributed by atoms with E-state index in [-0.39, 0.29) is 36.8 Å². The van der Waals surface area contributed by atoms with Gasteiger partial charge in [-0.05, 0) is 37.1 Å². The van der Waals surface area contributed by atoms with Crippen molar-refractivity contribution >= 4 is 47.4 Å². The van der Waals surface area contributed by atoms with Crippen molar-refractivity contribution < 1.29 is 9.53 Å². The second kappa shape index (κ2) is 9.14. The first-order valence-corrected chi connectivity index (χ1v) is 8.29. The summed E-state index contributed by atoms with van der Waals surface area (Å²) in [6.07, 6.45) is 4.43. The molecule has 0 bridgehead atoms. The number of carbonyl (C=O) groups excluding carboxylic acids is 1. The van der Waals surface area contributed by atoms with Gasteiger partial charge >= 0.3 is 0 Å². The van der Waals surface area contributed by atoms with Crippen LogP contribution in [0.25, 0.3) is 16.9 Å². The molecule has 0 saturated carbocycles. The van der Waals surface area contributed by atoms with E-state index in [0.29, 0.717) is 18.7 Å². The first kappa shape index (κ1) is 21.1. The van der Waals surface area contributed by atoms with Gasteiger partial charge in [0, 0.05) is 6.54 Å². The van der Waals surface area contributed by atoms with Gasteiger partial charge in [0.05, 0.1) is 29.0 Å². The minimum atomic E-state index is -0.439. The molecule has 9 heteroatoms. The lowest BCUT2D eigenvalue weighted by Gasteiger charge is -2.13. The number of amides is 1. The van der Waals surface area contributed by atoms with Gasteiger partial charge in [-0.3, -0.25) is 9.36 Å². The number of hydrogen-bond acceptors (Lipinski definition) is 5. The highest BCUT2D eigenvalue weighted by atomic mass is 35.5. The number of ether oxygens (including phenoxy) is 1. The Morgan fingerprint density at radius 2 is 2.00 bits per heavy atom. The zero-order chi connectivity index (χ0) is 17.2. The molecule has 3 N–H and O–H groups in total. The lowest BCUT2D eigenvalue weighted by molar-refractivity contribution is -0.126. The van der Waals surface area contributed by atoms with Gasteiger partial charge in [0.1, 0.15) is 18.2 Å². The summed E-state index contributed by atoms with van der Waals surface area (Å²) < 4.78 is 7.52. The molecule has 0 aliphatic carbocycles. The minimum Gasteiger partial charge on any atom is -0.364 e. The van der Waals surface area contributed by atoms with E-state index in [9.17, 15) is 4.79 Å². The number of para-hydroxylation sites is 2. The summed E-state index contributed by atoms with van der Waals surface area (Å²) in [5, 5.41) is 2.85. The number of aromatic nitrogens is 3. The number of hydrogen-bond donors (Lipinski definition) is 2. The van der Waals surface area contributed by atoms with Crippen LogP contribution in [-0.2, 0) is 9.53 Å². The van der Waals surface area contributed by atoms with Crippen LogP contribution in [0.1, 0.15) is 12.8 Å². The van der Waals surface area contributed by atoms with Crippen molar-refractivity contribution in [2.24, 2.45) is 5.73 Å². The maximum absolute atomic E-state index is 12.2. The summed E-state index contributed by atoms with van der Waals surface area (Å²) >= 11 is 0. The molecule has 1 aliphatic rings. The summed E-state index contributed by atoms with van der Waals surface area (Å²) in [6.45, 7) is 0.443. The molecule has 4 rings (SSSR count). The highest BCUT2D eigenvalue weighted by molar-refractivity contribution is 5.94. The highest BCUT2D eigenvalue weighted by Crippen LogP contribution is 2.21. The number of fused-ring (bicyclic) bond motifs is 1. The van der Waals surface area contributed by atoms with E-state index >= 15 is 0 Å². The molecule has 2 atom stereocenters. The maximum Gasteiger partial charge on any atom is 0.253 e. The average Bonchev–Trinajstić information content (AvgIpc) is 3.29. The summed E-state index contributed by atoms with van der Waals surface area (Å²) in [7, 11) is 0. The monoisotopic (exact) mass is 409 g/mol. The second-order valence-corrected chi connectivity index (χ2v) is 6.06. The zero-order valence-corrected chi connectivity index (χ0v) is 16.1. The molecule has 0 spiro atoms. The number of carbonyl (C=O) groups is 1. The fraction of sp³-hybridized carbons (Fsp3) is 0.278. The summed E-state index contributed by atoms with van der Waals surface area (Å²) in [4.78, 5) is 21.0. The summed E-state index contributed by atoms with van der Waals surface area (Å²) in [6, 6.07) is 11.5. The van der Waals surface area contributed by atoms with E-state index in [4.69, 9.17) is 10.5 Å². The number of nitrogens with one attached hydrogen (secondary N) is 1. The first-order chi connectivity index (χ1) is 12.2. The van der Waals surface area contributed by atoms with E-state index in [1.54, 1.807) is 12.5 Å². The summed E-state index contributed by atoms with van der Waals surface area (Å²) in [5.74, 6) is 0.589. The van der Waals surface area contributed by atoms with Crippen molar-refractivity contribution in [3.05, 3.63) is 48.9 Å². The molecule has 3 aromatic rings. The molecule has 7 nitrogen and oxygen atoms in total. The molecule has 0 unspecified atom stereocenters. The lowest BCUT2D eigenvalue weighted by atomic mass is 10.2. The van der Waals surface area contributed by atoms with Crippen molar-refractivity contribution in [2.45, 2.75) is 25.0 Å². The number of rotatable bonds is 4. The third kappa shape index (κ3) is 4.39. The first-order valence-electron chi connectivity index (χ1n) is 8.29. The number of nitrogens with zero attached hydrogens (tertiary/aromatic N) is 3. The van der Waals surface area contributed by atoms with Crippen LogP contribution < -0.4 is 11.1 Å². The van der Waals surface area contributed by atoms with Crippen LogP contribution in [0.3, 0.4) is 0 Å². The molecular formula is C18H21Cl2N5O2. The zero-order valence-electron chi connectivity index (χ0n) is 14.4. The van der Waals surface area contributed by atoms with E-state index in [1.807, 2.05) is 41.0 Å². The maximum atomic E-state index is 12.2. The third-order valence-corrected chi connectivity index (χ3v) is 4.38. The molecule has 3 heterocycles. The van der Waals surface area contributed by atoms with E-state index in [2.05, 4.69) is 15.3 Å². The van der Waals surface area contributed by atoms with Gasteiger partial charge in [-0.2, -0.15) is 0 Å². The Kier molecular flexibility index (Phi) is 7.15. The van der Waals surface area contributed by atoms with Crippen molar-refractivity contribution in [3.63, 3.8) is 0 Å². The Morgan fingerprint density at radius 1 is 1.19 bits per heavy atom. The number of anilines is 1. The normalized spacial score (nSPS) is 18.6. The van der Waals surface area contributed by atoms with Crippen molar-refractivity contribution in [1.29, 1.82) is 0 Å².